The second-order valence-corrected chi connectivity index (χ2v) is 12.4. The molecule has 8 heteroatoms. The highest BCUT2D eigenvalue weighted by atomic mass is 19.4. The zero-order valence-electron chi connectivity index (χ0n) is 21.3. The summed E-state index contributed by atoms with van der Waals surface area (Å²) in [6.45, 7) is 1.56. The van der Waals surface area contributed by atoms with E-state index in [9.17, 15) is 28.2 Å². The summed E-state index contributed by atoms with van der Waals surface area (Å²) in [6.07, 6.45) is -1.70. The summed E-state index contributed by atoms with van der Waals surface area (Å²) in [7, 11) is 0. The van der Waals surface area contributed by atoms with Crippen molar-refractivity contribution in [3.63, 3.8) is 0 Å². The Hall–Kier alpha value is -2.06. The van der Waals surface area contributed by atoms with Crippen molar-refractivity contribution in [3.05, 3.63) is 58.2 Å². The minimum Gasteiger partial charge on any atom is -0.396 e. The van der Waals surface area contributed by atoms with Gasteiger partial charge in [-0.2, -0.15) is 22.0 Å². The third kappa shape index (κ3) is 3.54. The largest absolute Gasteiger partial charge is 0.456 e. The first-order valence-corrected chi connectivity index (χ1v) is 13.7. The van der Waals surface area contributed by atoms with Crippen LogP contribution in [-0.4, -0.2) is 40.3 Å². The predicted octanol–water partition coefficient (Wildman–Crippen LogP) is 6.61. The maximum Gasteiger partial charge on any atom is 0.456 e. The lowest BCUT2D eigenvalue weighted by molar-refractivity contribution is -0.362. The average Bonchev–Trinajstić information content (AvgIpc) is 3.61. The fourth-order valence-electron chi connectivity index (χ4n) is 8.55. The van der Waals surface area contributed by atoms with Crippen LogP contribution in [0, 0.1) is 23.2 Å². The van der Waals surface area contributed by atoms with Gasteiger partial charge in [0.05, 0.1) is 0 Å². The molecule has 5 aliphatic rings. The van der Waals surface area contributed by atoms with Gasteiger partial charge in [-0.1, -0.05) is 36.8 Å². The second kappa shape index (κ2) is 8.47. The van der Waals surface area contributed by atoms with Gasteiger partial charge >= 0.3 is 12.1 Å². The Morgan fingerprint density at radius 3 is 2.29 bits per heavy atom. The summed E-state index contributed by atoms with van der Waals surface area (Å²) in [5.74, 6) is -5.82. The molecule has 206 valence electrons. The van der Waals surface area contributed by atoms with Gasteiger partial charge in [0.15, 0.2) is 5.78 Å². The summed E-state index contributed by atoms with van der Waals surface area (Å²) in [5, 5.41) is 20.8. The number of aliphatic hydroxyl groups excluding tert-OH is 1. The van der Waals surface area contributed by atoms with E-state index < -0.39 is 41.4 Å². The number of allylic oxidation sites excluding steroid dienone is 4. The highest BCUT2D eigenvalue weighted by Crippen LogP contribution is 2.70. The Balaban J connectivity index is 1.47. The lowest BCUT2D eigenvalue weighted by Gasteiger charge is -2.56. The Morgan fingerprint density at radius 1 is 0.974 bits per heavy atom. The fourth-order valence-corrected chi connectivity index (χ4v) is 8.55. The summed E-state index contributed by atoms with van der Waals surface area (Å²) < 4.78 is 71.2. The van der Waals surface area contributed by atoms with Gasteiger partial charge in [-0.15, -0.1) is 0 Å². The van der Waals surface area contributed by atoms with Crippen LogP contribution in [0.3, 0.4) is 0 Å². The van der Waals surface area contributed by atoms with Crippen LogP contribution in [0.25, 0.3) is 0 Å². The van der Waals surface area contributed by atoms with Crippen molar-refractivity contribution < 1.29 is 37.0 Å². The molecule has 1 aromatic rings. The van der Waals surface area contributed by atoms with E-state index >= 15 is 8.78 Å². The molecule has 2 N–H and O–H groups in total. The Bertz CT molecular complexity index is 1220. The molecule has 0 spiro atoms. The topological polar surface area (TPSA) is 57.5 Å². The van der Waals surface area contributed by atoms with Crippen LogP contribution in [0.2, 0.25) is 0 Å². The third-order valence-electron chi connectivity index (χ3n) is 10.7. The van der Waals surface area contributed by atoms with E-state index in [2.05, 4.69) is 0 Å². The summed E-state index contributed by atoms with van der Waals surface area (Å²) >= 11 is 0. The van der Waals surface area contributed by atoms with Crippen LogP contribution in [0.1, 0.15) is 81.3 Å². The minimum atomic E-state index is -5.85. The van der Waals surface area contributed by atoms with Crippen LogP contribution in [0.4, 0.5) is 22.0 Å². The molecule has 3 saturated carbocycles. The molecule has 0 aromatic heterocycles. The van der Waals surface area contributed by atoms with E-state index in [4.69, 9.17) is 0 Å². The molecule has 0 saturated heterocycles. The van der Waals surface area contributed by atoms with Gasteiger partial charge in [0.1, 0.15) is 5.60 Å². The monoisotopic (exact) mass is 536 g/mol. The van der Waals surface area contributed by atoms with E-state index in [0.717, 1.165) is 34.3 Å². The maximum atomic E-state index is 15.1. The van der Waals surface area contributed by atoms with Gasteiger partial charge < -0.3 is 10.2 Å². The molecule has 3 fully saturated rings. The van der Waals surface area contributed by atoms with E-state index in [0.29, 0.717) is 25.7 Å². The third-order valence-corrected chi connectivity index (χ3v) is 10.7. The molecule has 0 amide bonds. The van der Waals surface area contributed by atoms with Gasteiger partial charge in [0.25, 0.3) is 0 Å². The predicted molar refractivity (Wildman–Crippen MR) is 131 cm³/mol. The summed E-state index contributed by atoms with van der Waals surface area (Å²) in [6, 6.07) is 7.81. The molecular formula is C30H33F5O3. The van der Waals surface area contributed by atoms with Gasteiger partial charge in [0.2, 0.25) is 0 Å². The van der Waals surface area contributed by atoms with E-state index in [1.165, 1.54) is 6.92 Å². The quantitative estimate of drug-likeness (QED) is 0.426. The minimum absolute atomic E-state index is 0.0154. The number of carbonyl (C=O) groups excluding carboxylic acids is 1. The van der Waals surface area contributed by atoms with Crippen LogP contribution >= 0.6 is 0 Å². The van der Waals surface area contributed by atoms with Crippen molar-refractivity contribution in [2.45, 2.75) is 87.8 Å². The normalized spacial score (nSPS) is 38.9. The molecule has 0 radical (unpaired) electrons. The van der Waals surface area contributed by atoms with Gasteiger partial charge in [-0.3, -0.25) is 4.79 Å². The lowest BCUT2D eigenvalue weighted by atomic mass is 9.50. The molecule has 5 aliphatic carbocycles. The van der Waals surface area contributed by atoms with E-state index in [1.54, 1.807) is 6.08 Å². The number of fused-ring (bicyclic) bond motifs is 4. The zero-order valence-corrected chi connectivity index (χ0v) is 21.3. The van der Waals surface area contributed by atoms with Crippen LogP contribution < -0.4 is 0 Å². The van der Waals surface area contributed by atoms with Crippen LogP contribution in [0.5, 0.6) is 0 Å². The Kier molecular flexibility index (Phi) is 5.83. The Labute approximate surface area is 218 Å². The summed E-state index contributed by atoms with van der Waals surface area (Å²) in [5.41, 5.74) is 0.185. The van der Waals surface area contributed by atoms with Gasteiger partial charge in [-0.05, 0) is 97.0 Å². The smallest absolute Gasteiger partial charge is 0.396 e. The number of hydrogen-bond acceptors (Lipinski definition) is 3. The number of ketones is 1. The Morgan fingerprint density at radius 2 is 1.66 bits per heavy atom. The highest BCUT2D eigenvalue weighted by Gasteiger charge is 2.79. The average molecular weight is 537 g/mol. The van der Waals surface area contributed by atoms with E-state index in [-0.39, 0.29) is 43.0 Å². The van der Waals surface area contributed by atoms with Crippen molar-refractivity contribution in [2.75, 3.05) is 6.61 Å². The molecule has 0 aliphatic heterocycles. The molecule has 0 bridgehead atoms. The van der Waals surface area contributed by atoms with Crippen molar-refractivity contribution in [3.8, 4) is 0 Å². The maximum absolute atomic E-state index is 15.1. The molecule has 7 atom stereocenters. The SMILES string of the molecule is C[C@]12C[C@H](c3ccc(C4C[C@@H]4CO)cc3)C3=C4CCC(=O)C=C4CCC3C1CC[C@@]2(O)C(F)(F)C(F)(F)F. The standard InChI is InChI=1S/C30H33F5O3/c1-27-14-24(17-4-2-16(3-5-17)23-13-19(23)15-36)26-21-9-7-20(37)12-18(21)6-8-22(26)25(27)10-11-28(27,38)29(31,32)30(33,34)35/h2-5,12,19,22-25,36,38H,6-11,13-15H2,1H3/t19-,22?,23?,24-,25?,27+,28+/m1/s1. The van der Waals surface area contributed by atoms with Crippen molar-refractivity contribution >= 4 is 5.78 Å². The fraction of sp³-hybridized carbons (Fsp3) is 0.633. The first-order valence-electron chi connectivity index (χ1n) is 13.7. The number of benzene rings is 1. The van der Waals surface area contributed by atoms with Gasteiger partial charge in [-0.25, -0.2) is 0 Å². The highest BCUT2D eigenvalue weighted by molar-refractivity contribution is 5.93. The molecule has 3 nitrogen and oxygen atoms in total. The van der Waals surface area contributed by atoms with Gasteiger partial charge in [0, 0.05) is 24.4 Å². The second-order valence-electron chi connectivity index (χ2n) is 12.4. The van der Waals surface area contributed by atoms with Crippen molar-refractivity contribution in [1.29, 1.82) is 0 Å². The molecule has 3 unspecified atom stereocenters. The van der Waals surface area contributed by atoms with Crippen molar-refractivity contribution in [1.82, 2.24) is 0 Å². The molecular weight excluding hydrogens is 503 g/mol. The number of alkyl halides is 5. The van der Waals surface area contributed by atoms with Crippen LogP contribution in [-0.2, 0) is 4.79 Å². The molecule has 1 aromatic carbocycles. The number of aliphatic hydroxyl groups is 2. The number of halogens is 5. The molecule has 38 heavy (non-hydrogen) atoms. The van der Waals surface area contributed by atoms with E-state index in [1.807, 2.05) is 24.3 Å². The molecule has 0 heterocycles. The first kappa shape index (κ1) is 26.2. The van der Waals surface area contributed by atoms with Crippen molar-refractivity contribution in [2.24, 2.45) is 23.2 Å². The lowest BCUT2D eigenvalue weighted by Crippen LogP contribution is -2.65. The number of carbonyl (C=O) groups is 1. The van der Waals surface area contributed by atoms with Crippen LogP contribution in [0.15, 0.2) is 47.1 Å². The zero-order chi connectivity index (χ0) is 27.3. The first-order chi connectivity index (χ1) is 17.8. The number of rotatable bonds is 4. The molecule has 6 rings (SSSR count). The number of hydrogen-bond donors (Lipinski definition) is 2. The summed E-state index contributed by atoms with van der Waals surface area (Å²) in [4.78, 5) is 12.2.